The molecule has 0 aromatic carbocycles. The van der Waals surface area contributed by atoms with E-state index in [4.69, 9.17) is 0 Å². The number of nitrogens with zero attached hydrogens (tertiary/aromatic N) is 1. The summed E-state index contributed by atoms with van der Waals surface area (Å²) < 4.78 is 0. The van der Waals surface area contributed by atoms with Crippen LogP contribution in [0.5, 0.6) is 0 Å². The van der Waals surface area contributed by atoms with E-state index in [0.29, 0.717) is 11.8 Å². The van der Waals surface area contributed by atoms with Crippen molar-refractivity contribution in [1.82, 2.24) is 10.2 Å². The zero-order valence-corrected chi connectivity index (χ0v) is 9.16. The van der Waals surface area contributed by atoms with Gasteiger partial charge in [-0.05, 0) is 25.7 Å². The van der Waals surface area contributed by atoms with Gasteiger partial charge in [-0.3, -0.25) is 9.59 Å². The second kappa shape index (κ2) is 4.21. The highest BCUT2D eigenvalue weighted by Crippen LogP contribution is 2.31. The normalized spacial score (nSPS) is 22.6. The van der Waals surface area contributed by atoms with E-state index in [-0.39, 0.29) is 11.9 Å². The molecule has 1 aliphatic heterocycles. The molecule has 1 aliphatic carbocycles. The largest absolute Gasteiger partial charge is 0.353 e. The highest BCUT2D eigenvalue weighted by Gasteiger charge is 2.34. The van der Waals surface area contributed by atoms with Crippen LogP contribution < -0.4 is 5.32 Å². The number of piperidine rings is 1. The zero-order chi connectivity index (χ0) is 10.8. The maximum absolute atomic E-state index is 11.7. The number of nitrogens with one attached hydrogen (secondary N) is 1. The quantitative estimate of drug-likeness (QED) is 0.722. The molecule has 2 fully saturated rings. The number of rotatable bonds is 2. The molecular formula is C11H18N2O2. The van der Waals surface area contributed by atoms with Gasteiger partial charge in [0.1, 0.15) is 0 Å². The molecule has 0 aromatic heterocycles. The van der Waals surface area contributed by atoms with Crippen molar-refractivity contribution in [2.75, 3.05) is 13.1 Å². The second-order valence-corrected chi connectivity index (χ2v) is 4.57. The summed E-state index contributed by atoms with van der Waals surface area (Å²) in [5, 5.41) is 2.91. The minimum atomic E-state index is 0.0296. The first-order chi connectivity index (χ1) is 7.16. The molecule has 0 radical (unpaired) electrons. The Hall–Kier alpha value is -1.06. The molecule has 84 valence electrons. The van der Waals surface area contributed by atoms with Crippen LogP contribution in [0, 0.1) is 5.92 Å². The number of likely N-dealkylation sites (tertiary alicyclic amines) is 1. The van der Waals surface area contributed by atoms with Crippen molar-refractivity contribution in [2.45, 2.75) is 38.6 Å². The van der Waals surface area contributed by atoms with E-state index in [1.165, 1.54) is 0 Å². The summed E-state index contributed by atoms with van der Waals surface area (Å²) in [5.41, 5.74) is 0. The smallest absolute Gasteiger partial charge is 0.225 e. The highest BCUT2D eigenvalue weighted by atomic mass is 16.2. The molecule has 0 bridgehead atoms. The average Bonchev–Trinajstić information content (AvgIpc) is 3.00. The maximum Gasteiger partial charge on any atom is 0.225 e. The Morgan fingerprint density at radius 1 is 1.13 bits per heavy atom. The second-order valence-electron chi connectivity index (χ2n) is 4.57. The van der Waals surface area contributed by atoms with Crippen LogP contribution in [0.15, 0.2) is 0 Å². The Kier molecular flexibility index (Phi) is 2.93. The molecule has 2 amide bonds. The van der Waals surface area contributed by atoms with Crippen LogP contribution in [0.4, 0.5) is 0 Å². The van der Waals surface area contributed by atoms with E-state index in [9.17, 15) is 9.59 Å². The fourth-order valence-corrected chi connectivity index (χ4v) is 2.12. The van der Waals surface area contributed by atoms with Crippen LogP contribution in [0.2, 0.25) is 0 Å². The van der Waals surface area contributed by atoms with Gasteiger partial charge in [0.2, 0.25) is 11.8 Å². The number of amides is 2. The molecule has 15 heavy (non-hydrogen) atoms. The van der Waals surface area contributed by atoms with Gasteiger partial charge < -0.3 is 10.2 Å². The van der Waals surface area contributed by atoms with Crippen molar-refractivity contribution in [3.8, 4) is 0 Å². The van der Waals surface area contributed by atoms with E-state index in [2.05, 4.69) is 5.32 Å². The van der Waals surface area contributed by atoms with Crippen LogP contribution in [-0.2, 0) is 9.59 Å². The fourth-order valence-electron chi connectivity index (χ4n) is 2.12. The van der Waals surface area contributed by atoms with Gasteiger partial charge in [0.25, 0.3) is 0 Å². The lowest BCUT2D eigenvalue weighted by Gasteiger charge is -2.32. The Labute approximate surface area is 90.0 Å². The number of carbonyl (C=O) groups excluding carboxylic acids is 2. The molecule has 1 heterocycles. The average molecular weight is 210 g/mol. The molecule has 1 N–H and O–H groups in total. The molecule has 1 saturated carbocycles. The van der Waals surface area contributed by atoms with E-state index in [1.807, 2.05) is 4.90 Å². The Bertz CT molecular complexity index is 266. The molecule has 0 spiro atoms. The third-order valence-corrected chi connectivity index (χ3v) is 3.14. The molecule has 0 aromatic rings. The maximum atomic E-state index is 11.7. The lowest BCUT2D eigenvalue weighted by molar-refractivity contribution is -0.133. The van der Waals surface area contributed by atoms with Crippen molar-refractivity contribution in [2.24, 2.45) is 5.92 Å². The van der Waals surface area contributed by atoms with Crippen LogP contribution >= 0.6 is 0 Å². The zero-order valence-electron chi connectivity index (χ0n) is 9.16. The summed E-state index contributed by atoms with van der Waals surface area (Å²) in [5.74, 6) is 0.681. The SMILES string of the molecule is CC(=O)NC1CCN(C(=O)C2CC2)CC1. The third-order valence-electron chi connectivity index (χ3n) is 3.14. The predicted octanol–water partition coefficient (Wildman–Crippen LogP) is 0.523. The van der Waals surface area contributed by atoms with Crippen molar-refractivity contribution >= 4 is 11.8 Å². The highest BCUT2D eigenvalue weighted by molar-refractivity contribution is 5.81. The first kappa shape index (κ1) is 10.5. The first-order valence-electron chi connectivity index (χ1n) is 5.72. The summed E-state index contributed by atoms with van der Waals surface area (Å²) in [4.78, 5) is 24.5. The van der Waals surface area contributed by atoms with Gasteiger partial charge in [-0.2, -0.15) is 0 Å². The molecule has 2 rings (SSSR count). The molecule has 4 nitrogen and oxygen atoms in total. The molecule has 4 heteroatoms. The molecule has 2 aliphatic rings. The monoisotopic (exact) mass is 210 g/mol. The number of hydrogen-bond acceptors (Lipinski definition) is 2. The van der Waals surface area contributed by atoms with Gasteiger partial charge in [-0.1, -0.05) is 0 Å². The number of hydrogen-bond donors (Lipinski definition) is 1. The van der Waals surface area contributed by atoms with Crippen LogP contribution in [0.25, 0.3) is 0 Å². The van der Waals surface area contributed by atoms with Gasteiger partial charge in [0.05, 0.1) is 0 Å². The summed E-state index contributed by atoms with van der Waals surface area (Å²) in [6.07, 6.45) is 3.95. The van der Waals surface area contributed by atoms with Gasteiger partial charge in [0, 0.05) is 32.0 Å². The van der Waals surface area contributed by atoms with Gasteiger partial charge in [0.15, 0.2) is 0 Å². The number of carbonyl (C=O) groups is 2. The molecule has 1 saturated heterocycles. The van der Waals surface area contributed by atoms with Crippen molar-refractivity contribution in [1.29, 1.82) is 0 Å². The van der Waals surface area contributed by atoms with Crippen LogP contribution in [0.3, 0.4) is 0 Å². The molecule has 0 atom stereocenters. The Morgan fingerprint density at radius 3 is 2.20 bits per heavy atom. The van der Waals surface area contributed by atoms with Gasteiger partial charge in [-0.25, -0.2) is 0 Å². The van der Waals surface area contributed by atoms with Gasteiger partial charge >= 0.3 is 0 Å². The standard InChI is InChI=1S/C11H18N2O2/c1-8(14)12-10-4-6-13(7-5-10)11(15)9-2-3-9/h9-10H,2-7H2,1H3,(H,12,14). The summed E-state index contributed by atoms with van der Waals surface area (Å²) >= 11 is 0. The van der Waals surface area contributed by atoms with E-state index in [1.54, 1.807) is 6.92 Å². The van der Waals surface area contributed by atoms with Crippen molar-refractivity contribution in [3.63, 3.8) is 0 Å². The topological polar surface area (TPSA) is 49.4 Å². The van der Waals surface area contributed by atoms with Crippen molar-refractivity contribution in [3.05, 3.63) is 0 Å². The third kappa shape index (κ3) is 2.70. The molecular weight excluding hydrogens is 192 g/mol. The first-order valence-corrected chi connectivity index (χ1v) is 5.72. The van der Waals surface area contributed by atoms with Crippen LogP contribution in [0.1, 0.15) is 32.6 Å². The lowest BCUT2D eigenvalue weighted by atomic mass is 10.0. The lowest BCUT2D eigenvalue weighted by Crippen LogP contribution is -2.46. The Balaban J connectivity index is 1.76. The molecule has 0 unspecified atom stereocenters. The van der Waals surface area contributed by atoms with Crippen LogP contribution in [-0.4, -0.2) is 35.8 Å². The predicted molar refractivity (Wildman–Crippen MR) is 56.1 cm³/mol. The summed E-state index contributed by atoms with van der Waals surface area (Å²) in [6, 6.07) is 0.269. The van der Waals surface area contributed by atoms with E-state index < -0.39 is 0 Å². The minimum Gasteiger partial charge on any atom is -0.353 e. The minimum absolute atomic E-state index is 0.0296. The Morgan fingerprint density at radius 2 is 1.73 bits per heavy atom. The van der Waals surface area contributed by atoms with E-state index in [0.717, 1.165) is 38.8 Å². The van der Waals surface area contributed by atoms with Gasteiger partial charge in [-0.15, -0.1) is 0 Å². The van der Waals surface area contributed by atoms with E-state index >= 15 is 0 Å². The summed E-state index contributed by atoms with van der Waals surface area (Å²) in [6.45, 7) is 3.16. The summed E-state index contributed by atoms with van der Waals surface area (Å²) in [7, 11) is 0. The van der Waals surface area contributed by atoms with Crippen molar-refractivity contribution < 1.29 is 9.59 Å². The fraction of sp³-hybridized carbons (Fsp3) is 0.818.